The first-order valence-corrected chi connectivity index (χ1v) is 7.78. The molecule has 16 heavy (non-hydrogen) atoms. The summed E-state index contributed by atoms with van der Waals surface area (Å²) in [6, 6.07) is 9.74. The monoisotopic (exact) mass is 305 g/mol. The Morgan fingerprint density at radius 3 is 2.50 bits per heavy atom. The third-order valence-corrected chi connectivity index (χ3v) is 4.52. The molecular weight excluding hydrogens is 290 g/mol. The molecule has 0 fully saturated rings. The molecule has 1 rings (SSSR count). The van der Waals surface area contributed by atoms with Crippen molar-refractivity contribution in [3.05, 3.63) is 35.9 Å². The van der Waals surface area contributed by atoms with Crippen LogP contribution in [0.3, 0.4) is 0 Å². The topological polar surface area (TPSA) is 46.2 Å². The Hall–Kier alpha value is -0.390. The first kappa shape index (κ1) is 13.7. The van der Waals surface area contributed by atoms with Gasteiger partial charge < -0.3 is 0 Å². The van der Waals surface area contributed by atoms with Gasteiger partial charge in [0.05, 0.1) is 10.6 Å². The molecule has 0 saturated carbocycles. The lowest BCUT2D eigenvalue weighted by atomic mass is 10.2. The summed E-state index contributed by atoms with van der Waals surface area (Å²) in [6.45, 7) is 2.23. The van der Waals surface area contributed by atoms with Crippen LogP contribution in [0.15, 0.2) is 30.3 Å². The number of nitrogens with one attached hydrogen (secondary N) is 1. The molecule has 0 amide bonds. The molecule has 0 aromatic heterocycles. The summed E-state index contributed by atoms with van der Waals surface area (Å²) in [7, 11) is -3.11. The highest BCUT2D eigenvalue weighted by atomic mass is 79.9. The van der Waals surface area contributed by atoms with Crippen LogP contribution in [-0.4, -0.2) is 20.7 Å². The normalized spacial score (nSPS) is 13.6. The molecule has 3 nitrogen and oxygen atoms in total. The predicted molar refractivity (Wildman–Crippen MR) is 70.2 cm³/mol. The van der Waals surface area contributed by atoms with E-state index in [4.69, 9.17) is 0 Å². The number of hydrogen-bond donors (Lipinski definition) is 1. The number of rotatable bonds is 6. The number of hydrogen-bond acceptors (Lipinski definition) is 2. The van der Waals surface area contributed by atoms with Crippen LogP contribution in [0.5, 0.6) is 0 Å². The molecule has 0 aliphatic rings. The van der Waals surface area contributed by atoms with Gasteiger partial charge in [-0.1, -0.05) is 53.2 Å². The van der Waals surface area contributed by atoms with Crippen molar-refractivity contribution in [3.8, 4) is 0 Å². The average Bonchev–Trinajstić information content (AvgIpc) is 2.27. The maximum atomic E-state index is 11.4. The number of sulfonamides is 1. The molecule has 5 heteroatoms. The van der Waals surface area contributed by atoms with Gasteiger partial charge in [-0.15, -0.1) is 0 Å². The van der Waals surface area contributed by atoms with Gasteiger partial charge in [-0.2, -0.15) is 0 Å². The summed E-state index contributed by atoms with van der Waals surface area (Å²) in [5, 5.41) is 0. The smallest absolute Gasteiger partial charge is 0.211 e. The van der Waals surface area contributed by atoms with Crippen LogP contribution in [0.2, 0.25) is 0 Å². The zero-order valence-corrected chi connectivity index (χ0v) is 11.6. The lowest BCUT2D eigenvalue weighted by molar-refractivity contribution is 0.580. The minimum absolute atomic E-state index is 0.0142. The van der Waals surface area contributed by atoms with Crippen molar-refractivity contribution < 1.29 is 8.42 Å². The van der Waals surface area contributed by atoms with Crippen LogP contribution in [0, 0.1) is 0 Å². The third kappa shape index (κ3) is 4.63. The first-order chi connectivity index (χ1) is 7.55. The molecule has 0 heterocycles. The standard InChI is InChI=1S/C11H16BrNO2S/c1-2-8-16(14,15)13-9-11(12)10-6-4-3-5-7-10/h3-7,11,13H,2,8-9H2,1H3. The fourth-order valence-electron chi connectivity index (χ4n) is 1.32. The van der Waals surface area contributed by atoms with E-state index >= 15 is 0 Å². The van der Waals surface area contributed by atoms with Gasteiger partial charge in [0.25, 0.3) is 0 Å². The molecule has 1 aromatic carbocycles. The van der Waals surface area contributed by atoms with Crippen molar-refractivity contribution in [1.29, 1.82) is 0 Å². The Balaban J connectivity index is 2.51. The summed E-state index contributed by atoms with van der Waals surface area (Å²) in [5.74, 6) is 0.182. The second kappa shape index (κ2) is 6.37. The van der Waals surface area contributed by atoms with Gasteiger partial charge in [0.1, 0.15) is 0 Å². The fourth-order valence-corrected chi connectivity index (χ4v) is 3.10. The minimum Gasteiger partial charge on any atom is -0.214 e. The third-order valence-electron chi connectivity index (χ3n) is 2.12. The Kier molecular flexibility index (Phi) is 5.44. The summed E-state index contributed by atoms with van der Waals surface area (Å²) < 4.78 is 25.5. The van der Waals surface area contributed by atoms with E-state index in [-0.39, 0.29) is 10.6 Å². The number of benzene rings is 1. The van der Waals surface area contributed by atoms with E-state index in [1.807, 2.05) is 37.3 Å². The summed E-state index contributed by atoms with van der Waals surface area (Å²) in [5.41, 5.74) is 1.07. The van der Waals surface area contributed by atoms with Crippen molar-refractivity contribution in [2.24, 2.45) is 0 Å². The summed E-state index contributed by atoms with van der Waals surface area (Å²) in [4.78, 5) is 0.0142. The summed E-state index contributed by atoms with van der Waals surface area (Å²) >= 11 is 3.46. The van der Waals surface area contributed by atoms with E-state index in [9.17, 15) is 8.42 Å². The zero-order valence-electron chi connectivity index (χ0n) is 9.19. The first-order valence-electron chi connectivity index (χ1n) is 5.21. The quantitative estimate of drug-likeness (QED) is 0.821. The predicted octanol–water partition coefficient (Wildman–Crippen LogP) is 2.45. The summed E-state index contributed by atoms with van der Waals surface area (Å²) in [6.07, 6.45) is 0.633. The molecule has 0 saturated heterocycles. The highest BCUT2D eigenvalue weighted by molar-refractivity contribution is 9.09. The van der Waals surface area contributed by atoms with E-state index in [2.05, 4.69) is 20.7 Å². The van der Waals surface area contributed by atoms with E-state index < -0.39 is 10.0 Å². The van der Waals surface area contributed by atoms with E-state index in [0.717, 1.165) is 5.56 Å². The van der Waals surface area contributed by atoms with Gasteiger partial charge in [0.2, 0.25) is 10.0 Å². The van der Waals surface area contributed by atoms with Crippen LogP contribution < -0.4 is 4.72 Å². The molecular formula is C11H16BrNO2S. The molecule has 1 N–H and O–H groups in total. The maximum Gasteiger partial charge on any atom is 0.211 e. The Labute approximate surface area is 105 Å². The fraction of sp³-hybridized carbons (Fsp3) is 0.455. The zero-order chi connectivity index (χ0) is 12.0. The van der Waals surface area contributed by atoms with Crippen molar-refractivity contribution in [2.45, 2.75) is 18.2 Å². The number of alkyl halides is 1. The van der Waals surface area contributed by atoms with Crippen LogP contribution >= 0.6 is 15.9 Å². The number of halogens is 1. The van der Waals surface area contributed by atoms with E-state index in [0.29, 0.717) is 13.0 Å². The van der Waals surface area contributed by atoms with Crippen molar-refractivity contribution in [2.75, 3.05) is 12.3 Å². The molecule has 0 spiro atoms. The lowest BCUT2D eigenvalue weighted by Gasteiger charge is -2.11. The second-order valence-corrected chi connectivity index (χ2v) is 6.58. The van der Waals surface area contributed by atoms with Crippen LogP contribution in [0.1, 0.15) is 23.7 Å². The Morgan fingerprint density at radius 2 is 1.94 bits per heavy atom. The van der Waals surface area contributed by atoms with Crippen molar-refractivity contribution >= 4 is 26.0 Å². The van der Waals surface area contributed by atoms with Crippen molar-refractivity contribution in [3.63, 3.8) is 0 Å². The Bertz CT molecular complexity index is 405. The second-order valence-electron chi connectivity index (χ2n) is 3.55. The molecule has 0 radical (unpaired) electrons. The molecule has 1 atom stereocenters. The van der Waals surface area contributed by atoms with Crippen molar-refractivity contribution in [1.82, 2.24) is 4.72 Å². The molecule has 0 bridgehead atoms. The molecule has 0 aliphatic heterocycles. The lowest BCUT2D eigenvalue weighted by Crippen LogP contribution is -2.28. The Morgan fingerprint density at radius 1 is 1.31 bits per heavy atom. The van der Waals surface area contributed by atoms with E-state index in [1.165, 1.54) is 0 Å². The van der Waals surface area contributed by atoms with Gasteiger partial charge in [0, 0.05) is 6.54 Å². The van der Waals surface area contributed by atoms with Gasteiger partial charge in [-0.05, 0) is 12.0 Å². The maximum absolute atomic E-state index is 11.4. The van der Waals surface area contributed by atoms with Gasteiger partial charge in [-0.25, -0.2) is 13.1 Å². The van der Waals surface area contributed by atoms with Gasteiger partial charge in [-0.3, -0.25) is 0 Å². The highest BCUT2D eigenvalue weighted by Gasteiger charge is 2.12. The SMILES string of the molecule is CCCS(=O)(=O)NCC(Br)c1ccccc1. The molecule has 90 valence electrons. The van der Waals surface area contributed by atoms with Crippen LogP contribution in [-0.2, 0) is 10.0 Å². The van der Waals surface area contributed by atoms with Crippen LogP contribution in [0.4, 0.5) is 0 Å². The van der Waals surface area contributed by atoms with Gasteiger partial charge in [0.15, 0.2) is 0 Å². The van der Waals surface area contributed by atoms with E-state index in [1.54, 1.807) is 0 Å². The van der Waals surface area contributed by atoms with Crippen LogP contribution in [0.25, 0.3) is 0 Å². The largest absolute Gasteiger partial charge is 0.214 e. The van der Waals surface area contributed by atoms with Gasteiger partial charge >= 0.3 is 0 Å². The molecule has 1 unspecified atom stereocenters. The molecule has 0 aliphatic carbocycles. The average molecular weight is 306 g/mol. The minimum atomic E-state index is -3.11. The molecule has 1 aromatic rings. The highest BCUT2D eigenvalue weighted by Crippen LogP contribution is 2.21.